The molecule has 0 spiro atoms. The molecule has 1 aromatic rings. The first kappa shape index (κ1) is 12.2. The predicted molar refractivity (Wildman–Crippen MR) is 68.5 cm³/mol. The van der Waals surface area contributed by atoms with Gasteiger partial charge in [-0.3, -0.25) is 0 Å². The van der Waals surface area contributed by atoms with Crippen LogP contribution in [0.5, 0.6) is 0 Å². The molecule has 15 heavy (non-hydrogen) atoms. The summed E-state index contributed by atoms with van der Waals surface area (Å²) in [6.07, 6.45) is 0. The molecule has 1 aromatic carbocycles. The lowest BCUT2D eigenvalue weighted by molar-refractivity contribution is 0.443. The van der Waals surface area contributed by atoms with Crippen LogP contribution in [-0.4, -0.2) is 6.54 Å². The minimum absolute atomic E-state index is 0.236. The Morgan fingerprint density at radius 2 is 1.93 bits per heavy atom. The van der Waals surface area contributed by atoms with Gasteiger partial charge >= 0.3 is 0 Å². The lowest BCUT2D eigenvalue weighted by Crippen LogP contribution is -2.19. The molecule has 0 saturated heterocycles. The summed E-state index contributed by atoms with van der Waals surface area (Å²) in [7, 11) is 0. The van der Waals surface area contributed by atoms with Gasteiger partial charge in [-0.15, -0.1) is 0 Å². The highest BCUT2D eigenvalue weighted by Gasteiger charge is 2.11. The number of benzene rings is 1. The van der Waals surface area contributed by atoms with Gasteiger partial charge in [-0.2, -0.15) is 0 Å². The number of hydrogen-bond donors (Lipinski definition) is 2. The minimum Gasteiger partial charge on any atom is -0.397 e. The summed E-state index contributed by atoms with van der Waals surface area (Å²) in [4.78, 5) is 0. The van der Waals surface area contributed by atoms with Gasteiger partial charge in [-0.25, -0.2) is 0 Å². The van der Waals surface area contributed by atoms with E-state index in [0.717, 1.165) is 17.8 Å². The second-order valence-electron chi connectivity index (χ2n) is 5.10. The summed E-state index contributed by atoms with van der Waals surface area (Å²) in [5.74, 6) is 0. The maximum atomic E-state index is 5.97. The van der Waals surface area contributed by atoms with Gasteiger partial charge in [0, 0.05) is 11.6 Å². The lowest BCUT2D eigenvalue weighted by Gasteiger charge is -2.21. The monoisotopic (exact) mass is 226 g/mol. The number of rotatable bonds is 2. The average Bonchev–Trinajstić information content (AvgIpc) is 2.07. The zero-order chi connectivity index (χ0) is 11.6. The Morgan fingerprint density at radius 3 is 2.47 bits per heavy atom. The van der Waals surface area contributed by atoms with Crippen LogP contribution in [0, 0.1) is 12.3 Å². The molecule has 0 fully saturated rings. The number of anilines is 2. The fourth-order valence-corrected chi connectivity index (χ4v) is 1.38. The van der Waals surface area contributed by atoms with Gasteiger partial charge < -0.3 is 11.1 Å². The lowest BCUT2D eigenvalue weighted by atomic mass is 9.97. The first-order chi connectivity index (χ1) is 6.79. The zero-order valence-corrected chi connectivity index (χ0v) is 10.6. The van der Waals surface area contributed by atoms with Crippen LogP contribution in [0.4, 0.5) is 11.4 Å². The van der Waals surface area contributed by atoms with E-state index in [4.69, 9.17) is 17.3 Å². The largest absolute Gasteiger partial charge is 0.397 e. The second kappa shape index (κ2) is 4.31. The van der Waals surface area contributed by atoms with Crippen molar-refractivity contribution in [3.63, 3.8) is 0 Å². The summed E-state index contributed by atoms with van der Waals surface area (Å²) in [5.41, 5.74) is 8.82. The van der Waals surface area contributed by atoms with Crippen LogP contribution in [-0.2, 0) is 0 Å². The van der Waals surface area contributed by atoms with Gasteiger partial charge in [0.1, 0.15) is 0 Å². The maximum absolute atomic E-state index is 5.97. The maximum Gasteiger partial charge on any atom is 0.0577 e. The molecular formula is C12H19ClN2. The van der Waals surface area contributed by atoms with Crippen molar-refractivity contribution in [2.75, 3.05) is 17.6 Å². The molecule has 0 saturated carbocycles. The smallest absolute Gasteiger partial charge is 0.0577 e. The van der Waals surface area contributed by atoms with Crippen LogP contribution in [0.2, 0.25) is 5.02 Å². The number of nitrogen functional groups attached to an aromatic ring is 1. The van der Waals surface area contributed by atoms with E-state index >= 15 is 0 Å². The van der Waals surface area contributed by atoms with Gasteiger partial charge in [-0.05, 0) is 30.0 Å². The number of nitrogens with two attached hydrogens (primary N) is 1. The molecule has 0 unspecified atom stereocenters. The third-order valence-electron chi connectivity index (χ3n) is 2.14. The molecule has 3 heteroatoms. The van der Waals surface area contributed by atoms with Crippen molar-refractivity contribution in [3.8, 4) is 0 Å². The van der Waals surface area contributed by atoms with Crippen LogP contribution >= 0.6 is 11.6 Å². The fraction of sp³-hybridized carbons (Fsp3) is 0.500. The molecular weight excluding hydrogens is 208 g/mol. The van der Waals surface area contributed by atoms with Crippen molar-refractivity contribution >= 4 is 23.0 Å². The Hall–Kier alpha value is -0.890. The molecule has 1 rings (SSSR count). The van der Waals surface area contributed by atoms with Crippen LogP contribution in [0.15, 0.2) is 12.1 Å². The summed E-state index contributed by atoms with van der Waals surface area (Å²) in [6.45, 7) is 9.40. The van der Waals surface area contributed by atoms with Gasteiger partial charge in [0.05, 0.1) is 11.4 Å². The van der Waals surface area contributed by atoms with Crippen molar-refractivity contribution in [3.05, 3.63) is 22.7 Å². The average molecular weight is 227 g/mol. The second-order valence-corrected chi connectivity index (χ2v) is 5.51. The van der Waals surface area contributed by atoms with E-state index in [9.17, 15) is 0 Å². The Labute approximate surface area is 96.8 Å². The van der Waals surface area contributed by atoms with E-state index in [0.29, 0.717) is 10.7 Å². The topological polar surface area (TPSA) is 38.0 Å². The Morgan fingerprint density at radius 1 is 1.33 bits per heavy atom. The normalized spacial score (nSPS) is 11.5. The minimum atomic E-state index is 0.236. The molecule has 84 valence electrons. The van der Waals surface area contributed by atoms with Crippen LogP contribution in [0.25, 0.3) is 0 Å². The Kier molecular flexibility index (Phi) is 3.50. The summed E-state index contributed by atoms with van der Waals surface area (Å²) >= 11 is 5.97. The number of hydrogen-bond acceptors (Lipinski definition) is 2. The molecule has 0 aromatic heterocycles. The van der Waals surface area contributed by atoms with E-state index in [1.54, 1.807) is 6.07 Å². The van der Waals surface area contributed by atoms with E-state index in [2.05, 4.69) is 26.1 Å². The van der Waals surface area contributed by atoms with Gasteiger partial charge in [0.15, 0.2) is 0 Å². The van der Waals surface area contributed by atoms with Crippen LogP contribution < -0.4 is 11.1 Å². The molecule has 0 bridgehead atoms. The molecule has 0 amide bonds. The molecule has 0 aliphatic heterocycles. The van der Waals surface area contributed by atoms with Crippen molar-refractivity contribution in [1.29, 1.82) is 0 Å². The quantitative estimate of drug-likeness (QED) is 0.755. The van der Waals surface area contributed by atoms with Crippen molar-refractivity contribution in [1.82, 2.24) is 0 Å². The zero-order valence-electron chi connectivity index (χ0n) is 9.82. The molecule has 0 aliphatic rings. The van der Waals surface area contributed by atoms with E-state index in [1.165, 1.54) is 0 Å². The molecule has 0 radical (unpaired) electrons. The summed E-state index contributed by atoms with van der Waals surface area (Å²) in [5, 5.41) is 4.05. The van der Waals surface area contributed by atoms with E-state index < -0.39 is 0 Å². The van der Waals surface area contributed by atoms with E-state index in [1.807, 2.05) is 13.0 Å². The molecule has 2 nitrogen and oxygen atoms in total. The number of nitrogens with one attached hydrogen (secondary N) is 1. The van der Waals surface area contributed by atoms with Crippen molar-refractivity contribution in [2.24, 2.45) is 5.41 Å². The van der Waals surface area contributed by atoms with Gasteiger partial charge in [-0.1, -0.05) is 32.4 Å². The van der Waals surface area contributed by atoms with Gasteiger partial charge in [0.25, 0.3) is 0 Å². The number of aryl methyl sites for hydroxylation is 1. The Balaban J connectivity index is 2.82. The fourth-order valence-electron chi connectivity index (χ4n) is 1.21. The first-order valence-corrected chi connectivity index (χ1v) is 5.47. The Bertz CT molecular complexity index is 353. The third kappa shape index (κ3) is 3.63. The highest BCUT2D eigenvalue weighted by atomic mass is 35.5. The molecule has 3 N–H and O–H groups in total. The first-order valence-electron chi connectivity index (χ1n) is 5.09. The predicted octanol–water partition coefficient (Wildman–Crippen LogP) is 3.69. The highest BCUT2D eigenvalue weighted by Crippen LogP contribution is 2.27. The molecule has 0 heterocycles. The summed E-state index contributed by atoms with van der Waals surface area (Å²) < 4.78 is 0. The SMILES string of the molecule is Cc1cc(NCC(C)(C)C)c(N)cc1Cl. The standard InChI is InChI=1S/C12H19ClN2/c1-8-5-11(10(14)6-9(8)13)15-7-12(2,3)4/h5-6,15H,7,14H2,1-4H3. The summed E-state index contributed by atoms with van der Waals surface area (Å²) in [6, 6.07) is 3.78. The van der Waals surface area contributed by atoms with Crippen molar-refractivity contribution < 1.29 is 0 Å². The third-order valence-corrected chi connectivity index (χ3v) is 2.55. The highest BCUT2D eigenvalue weighted by molar-refractivity contribution is 6.31. The molecule has 0 aliphatic carbocycles. The van der Waals surface area contributed by atoms with Crippen LogP contribution in [0.1, 0.15) is 26.3 Å². The van der Waals surface area contributed by atoms with Crippen LogP contribution in [0.3, 0.4) is 0 Å². The molecule has 0 atom stereocenters. The number of halogens is 1. The van der Waals surface area contributed by atoms with E-state index in [-0.39, 0.29) is 5.41 Å². The van der Waals surface area contributed by atoms with Gasteiger partial charge in [0.2, 0.25) is 0 Å². The van der Waals surface area contributed by atoms with Crippen molar-refractivity contribution in [2.45, 2.75) is 27.7 Å².